The van der Waals surface area contributed by atoms with E-state index in [1.54, 1.807) is 0 Å². The molecule has 1 aromatic carbocycles. The summed E-state index contributed by atoms with van der Waals surface area (Å²) in [5.41, 5.74) is -3.08. The lowest BCUT2D eigenvalue weighted by Crippen LogP contribution is -2.47. The number of hydrogen-bond acceptors (Lipinski definition) is 4. The Morgan fingerprint density at radius 1 is 1.21 bits per heavy atom. The molecule has 1 aliphatic heterocycles. The Labute approximate surface area is 189 Å². The number of hydrogen-bond donors (Lipinski definition) is 3. The zero-order valence-corrected chi connectivity index (χ0v) is 18.1. The molecule has 1 saturated heterocycles. The van der Waals surface area contributed by atoms with Gasteiger partial charge in [0.05, 0.1) is 12.8 Å². The number of alkyl halides is 3. The van der Waals surface area contributed by atoms with Crippen molar-refractivity contribution in [3.63, 3.8) is 0 Å². The van der Waals surface area contributed by atoms with E-state index in [-0.39, 0.29) is 16.8 Å². The number of amides is 1. The molecule has 0 aliphatic carbocycles. The summed E-state index contributed by atoms with van der Waals surface area (Å²) in [6.45, 7) is 2.02. The van der Waals surface area contributed by atoms with E-state index in [2.05, 4.69) is 15.3 Å². The summed E-state index contributed by atoms with van der Waals surface area (Å²) >= 11 is 0. The highest BCUT2D eigenvalue weighted by Crippen LogP contribution is 2.55. The fraction of sp³-hybridized carbons (Fsp3) is 0.364. The minimum absolute atomic E-state index is 0.138. The van der Waals surface area contributed by atoms with Crippen LogP contribution in [0.2, 0.25) is 0 Å². The smallest absolute Gasteiger partial charge is 0.417 e. The predicted octanol–water partition coefficient (Wildman–Crippen LogP) is 4.22. The summed E-state index contributed by atoms with van der Waals surface area (Å²) in [6, 6.07) is 3.33. The minimum Gasteiger partial charge on any atom is -0.493 e. The van der Waals surface area contributed by atoms with Gasteiger partial charge in [-0.2, -0.15) is 17.6 Å². The first kappa shape index (κ1) is 23.7. The lowest BCUT2D eigenvalue weighted by Gasteiger charge is -2.32. The van der Waals surface area contributed by atoms with Crippen LogP contribution in [0.4, 0.5) is 27.6 Å². The van der Waals surface area contributed by atoms with Crippen LogP contribution >= 0.6 is 0 Å². The molecule has 4 atom stereocenters. The quantitative estimate of drug-likeness (QED) is 0.482. The lowest BCUT2D eigenvalue weighted by atomic mass is 9.77. The van der Waals surface area contributed by atoms with E-state index >= 15 is 0 Å². The van der Waals surface area contributed by atoms with Gasteiger partial charge in [0.25, 0.3) is 11.5 Å². The van der Waals surface area contributed by atoms with Gasteiger partial charge in [-0.25, -0.2) is 4.39 Å². The van der Waals surface area contributed by atoms with Gasteiger partial charge in [-0.3, -0.25) is 9.59 Å². The predicted molar refractivity (Wildman–Crippen MR) is 112 cm³/mol. The van der Waals surface area contributed by atoms with Crippen molar-refractivity contribution in [3.8, 4) is 5.75 Å². The topological polar surface area (TPSA) is 96.2 Å². The second-order valence-corrected chi connectivity index (χ2v) is 8.23. The molecular weight excluding hydrogens is 465 g/mol. The van der Waals surface area contributed by atoms with Crippen molar-refractivity contribution in [2.75, 3.05) is 12.4 Å². The summed E-state index contributed by atoms with van der Waals surface area (Å²) in [5, 5.41) is 2.81. The van der Waals surface area contributed by atoms with Crippen LogP contribution in [0.1, 0.15) is 25.3 Å². The fourth-order valence-electron chi connectivity index (χ4n) is 4.42. The lowest BCUT2D eigenvalue weighted by molar-refractivity contribution is -0.272. The van der Waals surface area contributed by atoms with Crippen LogP contribution in [0.25, 0.3) is 10.9 Å². The molecular formula is C22H20F5N3O4. The first-order valence-electron chi connectivity index (χ1n) is 10.2. The van der Waals surface area contributed by atoms with Gasteiger partial charge < -0.3 is 24.8 Å². The van der Waals surface area contributed by atoms with Crippen LogP contribution in [-0.4, -0.2) is 40.9 Å². The van der Waals surface area contributed by atoms with E-state index < -0.39 is 58.6 Å². The summed E-state index contributed by atoms with van der Waals surface area (Å²) in [4.78, 5) is 30.3. The second kappa shape index (κ2) is 8.12. The van der Waals surface area contributed by atoms with Crippen molar-refractivity contribution in [1.29, 1.82) is 0 Å². The maximum Gasteiger partial charge on any atom is 0.417 e. The molecule has 3 aromatic rings. The Morgan fingerprint density at radius 2 is 1.91 bits per heavy atom. The number of nitrogens with one attached hydrogen (secondary N) is 3. The number of carbonyl (C=O) groups excluding carboxylic acids is 1. The van der Waals surface area contributed by atoms with Gasteiger partial charge in [0, 0.05) is 35.2 Å². The molecule has 7 nitrogen and oxygen atoms in total. The number of carbonyl (C=O) groups is 1. The van der Waals surface area contributed by atoms with Gasteiger partial charge in [-0.15, -0.1) is 0 Å². The summed E-state index contributed by atoms with van der Waals surface area (Å²) < 4.78 is 80.5. The number of rotatable bonds is 4. The molecule has 0 unspecified atom stereocenters. The van der Waals surface area contributed by atoms with Crippen molar-refractivity contribution >= 4 is 22.5 Å². The van der Waals surface area contributed by atoms with Crippen LogP contribution in [0.5, 0.6) is 5.75 Å². The number of ether oxygens (including phenoxy) is 2. The molecule has 0 saturated carbocycles. The van der Waals surface area contributed by atoms with Crippen molar-refractivity contribution < 1.29 is 36.2 Å². The van der Waals surface area contributed by atoms with Crippen LogP contribution < -0.4 is 15.6 Å². The fourth-order valence-corrected chi connectivity index (χ4v) is 4.42. The van der Waals surface area contributed by atoms with Crippen molar-refractivity contribution in [3.05, 3.63) is 58.1 Å². The standard InChI is InChI=1S/C22H20F5N3O4/c1-9-14(11-4-5-12(23)15(24)17(11)33-3)18(34-21(9,2)22(25,26)27)20(32)30-13-8-29-16-10(13)6-7-28-19(16)31/h4-9,14,18,29H,1-3H3,(H,28,31)(H,30,32)/t9-,14-,18+,21+/m0/s1. The summed E-state index contributed by atoms with van der Waals surface area (Å²) in [7, 11) is 1.04. The molecule has 1 aliphatic rings. The number of methoxy groups -OCH3 is 1. The highest BCUT2D eigenvalue weighted by molar-refractivity contribution is 6.03. The Kier molecular flexibility index (Phi) is 5.67. The highest BCUT2D eigenvalue weighted by atomic mass is 19.4. The third-order valence-corrected chi connectivity index (χ3v) is 6.44. The molecule has 1 fully saturated rings. The maximum absolute atomic E-state index is 14.4. The van der Waals surface area contributed by atoms with Crippen molar-refractivity contribution in [2.45, 2.75) is 37.6 Å². The number of benzene rings is 1. The van der Waals surface area contributed by atoms with Gasteiger partial charge in [0.2, 0.25) is 5.82 Å². The number of pyridine rings is 1. The highest BCUT2D eigenvalue weighted by Gasteiger charge is 2.65. The van der Waals surface area contributed by atoms with Crippen LogP contribution in [0, 0.1) is 17.6 Å². The average molecular weight is 485 g/mol. The third kappa shape index (κ3) is 3.52. The zero-order chi connectivity index (χ0) is 25.0. The number of H-pyrrole nitrogens is 2. The molecule has 1 amide bonds. The molecule has 3 N–H and O–H groups in total. The summed E-state index contributed by atoms with van der Waals surface area (Å²) in [5.74, 6) is -6.93. The van der Waals surface area contributed by atoms with E-state index in [0.717, 1.165) is 26.2 Å². The first-order chi connectivity index (χ1) is 15.9. The van der Waals surface area contributed by atoms with E-state index in [9.17, 15) is 31.5 Å². The van der Waals surface area contributed by atoms with Crippen molar-refractivity contribution in [2.24, 2.45) is 5.92 Å². The monoisotopic (exact) mass is 485 g/mol. The van der Waals surface area contributed by atoms with Gasteiger partial charge in [-0.1, -0.05) is 13.0 Å². The average Bonchev–Trinajstić information content (AvgIpc) is 3.30. The number of fused-ring (bicyclic) bond motifs is 1. The van der Waals surface area contributed by atoms with E-state index in [1.807, 2.05) is 0 Å². The van der Waals surface area contributed by atoms with Crippen molar-refractivity contribution in [1.82, 2.24) is 9.97 Å². The molecule has 182 valence electrons. The molecule has 0 radical (unpaired) electrons. The Bertz CT molecular complexity index is 1320. The maximum atomic E-state index is 14.4. The van der Waals surface area contributed by atoms with Crippen LogP contribution in [0.15, 0.2) is 35.4 Å². The molecule has 4 rings (SSSR count). The minimum atomic E-state index is -4.88. The van der Waals surface area contributed by atoms with Gasteiger partial charge in [0.1, 0.15) is 11.6 Å². The van der Waals surface area contributed by atoms with Gasteiger partial charge in [-0.05, 0) is 19.1 Å². The Balaban J connectivity index is 1.80. The van der Waals surface area contributed by atoms with Gasteiger partial charge in [0.15, 0.2) is 17.2 Å². The van der Waals surface area contributed by atoms with Gasteiger partial charge >= 0.3 is 6.18 Å². The van der Waals surface area contributed by atoms with E-state index in [1.165, 1.54) is 25.4 Å². The molecule has 2 aromatic heterocycles. The third-order valence-electron chi connectivity index (χ3n) is 6.44. The Hall–Kier alpha value is -3.41. The normalized spacial score (nSPS) is 25.0. The zero-order valence-electron chi connectivity index (χ0n) is 18.1. The number of anilines is 1. The SMILES string of the molecule is COc1c([C@H]2[C@H](C(=O)Nc3c[nH]c4c(=O)[nH]ccc34)O[C@@](C)(C(F)(F)F)[C@H]2C)ccc(F)c1F. The Morgan fingerprint density at radius 3 is 2.56 bits per heavy atom. The largest absolute Gasteiger partial charge is 0.493 e. The number of aromatic amines is 2. The van der Waals surface area contributed by atoms with E-state index in [0.29, 0.717) is 5.39 Å². The molecule has 34 heavy (non-hydrogen) atoms. The molecule has 12 heteroatoms. The summed E-state index contributed by atoms with van der Waals surface area (Å²) in [6.07, 6.45) is -3.96. The number of halogens is 5. The number of aromatic nitrogens is 2. The molecule has 3 heterocycles. The van der Waals surface area contributed by atoms with Crippen LogP contribution in [-0.2, 0) is 9.53 Å². The molecule has 0 bridgehead atoms. The van der Waals surface area contributed by atoms with E-state index in [4.69, 9.17) is 9.47 Å². The first-order valence-corrected chi connectivity index (χ1v) is 10.2. The second-order valence-electron chi connectivity index (χ2n) is 8.23. The molecule has 0 spiro atoms. The van der Waals surface area contributed by atoms with Crippen LogP contribution in [0.3, 0.4) is 0 Å².